The number of hydrogen-bond donors (Lipinski definition) is 1. The zero-order valence-electron chi connectivity index (χ0n) is 22.9. The van der Waals surface area contributed by atoms with Crippen molar-refractivity contribution >= 4 is 16.9 Å². The van der Waals surface area contributed by atoms with Crippen LogP contribution in [0.3, 0.4) is 0 Å². The van der Waals surface area contributed by atoms with Gasteiger partial charge in [-0.1, -0.05) is 12.1 Å². The minimum absolute atomic E-state index is 0.0322. The summed E-state index contributed by atoms with van der Waals surface area (Å²) in [6.07, 6.45) is 3.52. The zero-order valence-corrected chi connectivity index (χ0v) is 22.9. The van der Waals surface area contributed by atoms with Crippen LogP contribution in [0.1, 0.15) is 52.9 Å². The molecule has 5 rings (SSSR count). The first-order valence-corrected chi connectivity index (χ1v) is 13.4. The third kappa shape index (κ3) is 5.67. The van der Waals surface area contributed by atoms with Crippen molar-refractivity contribution in [3.63, 3.8) is 0 Å². The van der Waals surface area contributed by atoms with Gasteiger partial charge in [-0.3, -0.25) is 4.90 Å². The minimum atomic E-state index is -1.78. The van der Waals surface area contributed by atoms with E-state index in [1.165, 1.54) is 12.1 Å². The van der Waals surface area contributed by atoms with Gasteiger partial charge in [0, 0.05) is 54.5 Å². The molecule has 1 fully saturated rings. The van der Waals surface area contributed by atoms with Crippen molar-refractivity contribution in [2.45, 2.75) is 45.4 Å². The van der Waals surface area contributed by atoms with E-state index in [9.17, 15) is 22.4 Å². The summed E-state index contributed by atoms with van der Waals surface area (Å²) in [7, 11) is 1.66. The van der Waals surface area contributed by atoms with Crippen LogP contribution in [0.4, 0.5) is 17.6 Å². The molecule has 6 nitrogen and oxygen atoms in total. The molecule has 41 heavy (non-hydrogen) atoms. The first kappa shape index (κ1) is 28.6. The number of hydrogen-bond acceptors (Lipinski definition) is 5. The number of carbonyl (C=O) groups excluding carboxylic acids is 1. The number of nitrogens with one attached hydrogen (secondary N) is 1. The monoisotopic (exact) mass is 570 g/mol. The standard InChI is InChI=1S/C31H30F4N2O4/c1-4-40-20-10-12-37(16-22-21-9-11-36-29(21)17(2)13-26(22)39-3)25(14-20)18-5-7-19(8-6-18)31(38)41-30-27(34)23(32)15-24(33)28(30)35/h5-9,11,13,15,20,25,36H,4,10,12,14,16H2,1-3H3. The van der Waals surface area contributed by atoms with Crippen molar-refractivity contribution in [3.05, 3.63) is 94.2 Å². The molecule has 2 atom stereocenters. The third-order valence-corrected chi connectivity index (χ3v) is 7.56. The molecule has 2 unspecified atom stereocenters. The molecule has 1 saturated heterocycles. The number of aromatic nitrogens is 1. The second-order valence-electron chi connectivity index (χ2n) is 10.0. The number of methoxy groups -OCH3 is 1. The second kappa shape index (κ2) is 11.9. The lowest BCUT2D eigenvalue weighted by Crippen LogP contribution is -2.39. The smallest absolute Gasteiger partial charge is 0.343 e. The number of ether oxygens (including phenoxy) is 3. The Labute approximate surface area is 234 Å². The highest BCUT2D eigenvalue weighted by atomic mass is 19.2. The van der Waals surface area contributed by atoms with Crippen LogP contribution >= 0.6 is 0 Å². The molecule has 1 aliphatic rings. The number of carbonyl (C=O) groups is 1. The number of rotatable bonds is 8. The molecule has 4 aromatic rings. The van der Waals surface area contributed by atoms with Crippen LogP contribution in [-0.2, 0) is 11.3 Å². The molecule has 3 aromatic carbocycles. The Kier molecular flexibility index (Phi) is 8.32. The number of halogens is 4. The molecule has 0 bridgehead atoms. The zero-order chi connectivity index (χ0) is 29.3. The topological polar surface area (TPSA) is 63.8 Å². The fourth-order valence-corrected chi connectivity index (χ4v) is 5.52. The summed E-state index contributed by atoms with van der Waals surface area (Å²) in [6, 6.07) is 10.4. The van der Waals surface area contributed by atoms with Gasteiger partial charge in [0.1, 0.15) is 5.75 Å². The number of esters is 1. The highest BCUT2D eigenvalue weighted by Crippen LogP contribution is 2.38. The maximum absolute atomic E-state index is 14.0. The van der Waals surface area contributed by atoms with Gasteiger partial charge in [-0.15, -0.1) is 0 Å². The number of aromatic amines is 1. The predicted octanol–water partition coefficient (Wildman–Crippen LogP) is 7.00. The third-order valence-electron chi connectivity index (χ3n) is 7.56. The minimum Gasteiger partial charge on any atom is -0.496 e. The fraction of sp³-hybridized carbons (Fsp3) is 0.323. The summed E-state index contributed by atoms with van der Waals surface area (Å²) in [6.45, 7) is 5.94. The van der Waals surface area contributed by atoms with Crippen LogP contribution in [-0.4, -0.2) is 42.2 Å². The number of nitrogens with zero attached hydrogens (tertiary/aromatic N) is 1. The van der Waals surface area contributed by atoms with Gasteiger partial charge in [0.25, 0.3) is 0 Å². The second-order valence-corrected chi connectivity index (χ2v) is 10.0. The van der Waals surface area contributed by atoms with Crippen LogP contribution in [0.2, 0.25) is 0 Å². The Bertz CT molecular complexity index is 1540. The van der Waals surface area contributed by atoms with Gasteiger partial charge in [-0.05, 0) is 62.1 Å². The largest absolute Gasteiger partial charge is 0.496 e. The van der Waals surface area contributed by atoms with Crippen LogP contribution in [0.5, 0.6) is 11.5 Å². The van der Waals surface area contributed by atoms with E-state index in [4.69, 9.17) is 14.2 Å². The van der Waals surface area contributed by atoms with E-state index in [0.29, 0.717) is 19.6 Å². The Hall–Kier alpha value is -3.89. The van der Waals surface area contributed by atoms with Crippen LogP contribution in [0, 0.1) is 30.2 Å². The average molecular weight is 571 g/mol. The van der Waals surface area contributed by atoms with Gasteiger partial charge >= 0.3 is 5.97 Å². The molecule has 1 aromatic heterocycles. The maximum Gasteiger partial charge on any atom is 0.343 e. The van der Waals surface area contributed by atoms with Crippen molar-refractivity contribution in [3.8, 4) is 11.5 Å². The van der Waals surface area contributed by atoms with Gasteiger partial charge in [-0.2, -0.15) is 8.78 Å². The summed E-state index contributed by atoms with van der Waals surface area (Å²) in [5, 5.41) is 1.08. The lowest BCUT2D eigenvalue weighted by atomic mass is 9.91. The summed E-state index contributed by atoms with van der Waals surface area (Å²) in [4.78, 5) is 18.3. The molecule has 0 aliphatic carbocycles. The molecule has 10 heteroatoms. The summed E-state index contributed by atoms with van der Waals surface area (Å²) >= 11 is 0. The van der Waals surface area contributed by atoms with Crippen molar-refractivity contribution in [1.29, 1.82) is 0 Å². The number of piperidine rings is 1. The summed E-state index contributed by atoms with van der Waals surface area (Å²) in [5.74, 6) is -8.65. The predicted molar refractivity (Wildman–Crippen MR) is 145 cm³/mol. The Morgan fingerprint density at radius 3 is 2.41 bits per heavy atom. The van der Waals surface area contributed by atoms with Gasteiger partial charge in [0.05, 0.1) is 18.8 Å². The number of aryl methyl sites for hydroxylation is 1. The fourth-order valence-electron chi connectivity index (χ4n) is 5.52. The molecule has 1 aliphatic heterocycles. The van der Waals surface area contributed by atoms with E-state index < -0.39 is 35.0 Å². The number of benzene rings is 3. The Morgan fingerprint density at radius 1 is 1.05 bits per heavy atom. The van der Waals surface area contributed by atoms with Crippen molar-refractivity contribution in [1.82, 2.24) is 9.88 Å². The van der Waals surface area contributed by atoms with Crippen LogP contribution in [0.15, 0.2) is 48.7 Å². The number of H-pyrrole nitrogens is 1. The molecular formula is C31H30F4N2O4. The van der Waals surface area contributed by atoms with Crippen molar-refractivity contribution < 1.29 is 36.6 Å². The number of likely N-dealkylation sites (tertiary alicyclic amines) is 1. The molecule has 0 radical (unpaired) electrons. The molecule has 0 saturated carbocycles. The van der Waals surface area contributed by atoms with Gasteiger partial charge in [0.2, 0.25) is 17.4 Å². The highest BCUT2D eigenvalue weighted by molar-refractivity contribution is 5.91. The van der Waals surface area contributed by atoms with E-state index in [0.717, 1.165) is 46.3 Å². The summed E-state index contributed by atoms with van der Waals surface area (Å²) < 4.78 is 71.5. The van der Waals surface area contributed by atoms with Gasteiger partial charge in [0.15, 0.2) is 11.6 Å². The normalized spacial score (nSPS) is 17.6. The Morgan fingerprint density at radius 2 is 1.76 bits per heavy atom. The summed E-state index contributed by atoms with van der Waals surface area (Å²) in [5.41, 5.74) is 4.06. The van der Waals surface area contributed by atoms with Gasteiger partial charge in [-0.25, -0.2) is 13.6 Å². The Balaban J connectivity index is 1.42. The molecule has 216 valence electrons. The first-order valence-electron chi connectivity index (χ1n) is 13.4. The molecular weight excluding hydrogens is 540 g/mol. The molecule has 1 N–H and O–H groups in total. The maximum atomic E-state index is 14.0. The number of fused-ring (bicyclic) bond motifs is 1. The van der Waals surface area contributed by atoms with E-state index >= 15 is 0 Å². The van der Waals surface area contributed by atoms with Gasteiger partial charge < -0.3 is 19.2 Å². The highest BCUT2D eigenvalue weighted by Gasteiger charge is 2.32. The quantitative estimate of drug-likeness (QED) is 0.107. The average Bonchev–Trinajstić information content (AvgIpc) is 3.47. The SMILES string of the molecule is CCOC1CCN(Cc2c(OC)cc(C)c3[nH]ccc23)C(c2ccc(C(=O)Oc3c(F)c(F)cc(F)c3F)cc2)C1. The van der Waals surface area contributed by atoms with E-state index in [2.05, 4.69) is 9.88 Å². The molecule has 0 spiro atoms. The van der Waals surface area contributed by atoms with E-state index in [1.54, 1.807) is 19.2 Å². The molecule has 2 heterocycles. The lowest BCUT2D eigenvalue weighted by Gasteiger charge is -2.40. The van der Waals surface area contributed by atoms with Crippen LogP contribution in [0.25, 0.3) is 10.9 Å². The van der Waals surface area contributed by atoms with Crippen molar-refractivity contribution in [2.24, 2.45) is 0 Å². The van der Waals surface area contributed by atoms with Crippen LogP contribution < -0.4 is 9.47 Å². The first-order chi connectivity index (χ1) is 19.7. The van der Waals surface area contributed by atoms with Crippen molar-refractivity contribution in [2.75, 3.05) is 20.3 Å². The van der Waals surface area contributed by atoms with E-state index in [-0.39, 0.29) is 23.8 Å². The molecule has 0 amide bonds. The van der Waals surface area contributed by atoms with E-state index in [1.807, 2.05) is 32.2 Å². The lowest BCUT2D eigenvalue weighted by molar-refractivity contribution is -0.0138.